The first kappa shape index (κ1) is 26.5. The molecule has 0 saturated heterocycles. The van der Waals surface area contributed by atoms with E-state index in [1.54, 1.807) is 0 Å². The van der Waals surface area contributed by atoms with Crippen molar-refractivity contribution in [2.75, 3.05) is 0 Å². The van der Waals surface area contributed by atoms with Crippen LogP contribution in [-0.2, 0) is 12.8 Å². The van der Waals surface area contributed by atoms with Crippen molar-refractivity contribution in [3.8, 4) is 0 Å². The van der Waals surface area contributed by atoms with Crippen LogP contribution in [0.4, 0.5) is 5.73 Å². The molecule has 0 N–H and O–H groups in total. The molecule has 0 aromatic carbocycles. The Morgan fingerprint density at radius 3 is 1.87 bits per heavy atom. The van der Waals surface area contributed by atoms with Gasteiger partial charge in [-0.15, -0.1) is 0 Å². The van der Waals surface area contributed by atoms with Gasteiger partial charge in [0.25, 0.3) is 0 Å². The number of halogens is 2. The Kier molecular flexibility index (Phi) is 6.21. The molecule has 0 spiro atoms. The van der Waals surface area contributed by atoms with Crippen LogP contribution in [0.15, 0.2) is 43.7 Å². The van der Waals surface area contributed by atoms with Crippen molar-refractivity contribution in [1.82, 2.24) is 5.58 Å². The number of hydrogen-bond donors (Lipinski definition) is 0. The standard InChI is InChI=1S/C32H36N4.2FH.Sn/c1-9-21-17(5)25-14-30-23(11-3)19(7)27(35-30)16-32-24(12-4)20(8)28(36-32)15-31-22(10-2)18(6)26(34-31)13-29(21)33-25;;;/h13-16H,9-12H2,1-8H3;2*1H;/q-2;;;+4/p-2. The summed E-state index contributed by atoms with van der Waals surface area (Å²) < 4.78 is 38.3. The third kappa shape index (κ3) is 3.52. The summed E-state index contributed by atoms with van der Waals surface area (Å²) in [4.78, 5) is 10.1. The fraction of sp³-hybridized carbons (Fsp3) is 0.375. The van der Waals surface area contributed by atoms with E-state index in [4.69, 9.17) is 9.98 Å². The predicted octanol–water partition coefficient (Wildman–Crippen LogP) is 6.43. The van der Waals surface area contributed by atoms with Gasteiger partial charge in [0.05, 0.1) is 0 Å². The quantitative estimate of drug-likeness (QED) is 0.348. The van der Waals surface area contributed by atoms with Crippen molar-refractivity contribution >= 4 is 55.8 Å². The molecule has 0 atom stereocenters. The van der Waals surface area contributed by atoms with E-state index < -0.39 is 20.1 Å². The Morgan fingerprint density at radius 1 is 0.615 bits per heavy atom. The van der Waals surface area contributed by atoms with Gasteiger partial charge in [0, 0.05) is 0 Å². The van der Waals surface area contributed by atoms with Crippen LogP contribution in [0.2, 0.25) is 0 Å². The zero-order valence-corrected chi connectivity index (χ0v) is 27.0. The molecule has 6 rings (SSSR count). The number of aliphatic imine (C=N–C) groups is 2. The van der Waals surface area contributed by atoms with Crippen molar-refractivity contribution < 1.29 is 5.73 Å². The first-order chi connectivity index (χ1) is 18.6. The third-order valence-electron chi connectivity index (χ3n) is 9.08. The molecule has 0 aliphatic carbocycles. The molecule has 4 aliphatic heterocycles. The van der Waals surface area contributed by atoms with Crippen LogP contribution >= 0.6 is 0 Å². The van der Waals surface area contributed by atoms with Gasteiger partial charge in [-0.3, -0.25) is 0 Å². The summed E-state index contributed by atoms with van der Waals surface area (Å²) in [6.07, 6.45) is 10.7. The minimum atomic E-state index is -6.40. The van der Waals surface area contributed by atoms with E-state index in [0.29, 0.717) is 34.9 Å². The summed E-state index contributed by atoms with van der Waals surface area (Å²) in [6.45, 7) is 16.5. The maximum absolute atomic E-state index is 17.7. The van der Waals surface area contributed by atoms with Crippen LogP contribution in [0.25, 0.3) is 24.3 Å². The van der Waals surface area contributed by atoms with Crippen molar-refractivity contribution in [3.05, 3.63) is 78.0 Å². The normalized spacial score (nSPS) is 18.9. The topological polar surface area (TPSA) is 34.6 Å². The Hall–Kier alpha value is -2.74. The number of nitrogens with zero attached hydrogens (tertiary/aromatic N) is 4. The van der Waals surface area contributed by atoms with Crippen molar-refractivity contribution in [3.63, 3.8) is 0 Å². The molecule has 4 nitrogen and oxygen atoms in total. The molecule has 6 bridgehead atoms. The fourth-order valence-corrected chi connectivity index (χ4v) is 13.3. The first-order valence-corrected chi connectivity index (χ1v) is 18.9. The zero-order valence-electron chi connectivity index (χ0n) is 24.2. The van der Waals surface area contributed by atoms with E-state index in [1.807, 2.05) is 38.2 Å². The van der Waals surface area contributed by atoms with Crippen LogP contribution in [0.5, 0.6) is 0 Å². The van der Waals surface area contributed by atoms with E-state index in [1.165, 1.54) is 5.58 Å². The summed E-state index contributed by atoms with van der Waals surface area (Å²) in [7, 11) is 0. The molecule has 0 unspecified atom stereocenters. The summed E-state index contributed by atoms with van der Waals surface area (Å²) in [5, 5.41) is 1.21. The van der Waals surface area contributed by atoms with Gasteiger partial charge < -0.3 is 0 Å². The fourth-order valence-electron chi connectivity index (χ4n) is 6.97. The van der Waals surface area contributed by atoms with Gasteiger partial charge in [-0.05, 0) is 0 Å². The van der Waals surface area contributed by atoms with Gasteiger partial charge in [0.15, 0.2) is 0 Å². The average molecular weight is 633 g/mol. The molecular weight excluding hydrogens is 597 g/mol. The molecule has 0 saturated carbocycles. The molecular formula is C32H36F2N4Sn. The van der Waals surface area contributed by atoms with E-state index in [2.05, 4.69) is 41.5 Å². The number of hydrogen-bond acceptors (Lipinski definition) is 2. The molecule has 2 aromatic rings. The number of rotatable bonds is 4. The molecule has 7 heteroatoms. The van der Waals surface area contributed by atoms with Gasteiger partial charge in [0.1, 0.15) is 0 Å². The molecule has 0 fully saturated rings. The number of fused-ring (bicyclic) bond motifs is 2. The van der Waals surface area contributed by atoms with E-state index in [-0.39, 0.29) is 0 Å². The number of allylic oxidation sites excluding steroid dienone is 4. The summed E-state index contributed by atoms with van der Waals surface area (Å²) in [5.41, 5.74) is 12.6. The Balaban J connectivity index is 1.94. The monoisotopic (exact) mass is 634 g/mol. The van der Waals surface area contributed by atoms with Gasteiger partial charge in [-0.25, -0.2) is 0 Å². The van der Waals surface area contributed by atoms with E-state index in [9.17, 15) is 0 Å². The molecule has 39 heavy (non-hydrogen) atoms. The van der Waals surface area contributed by atoms with E-state index in [0.717, 1.165) is 80.2 Å². The summed E-state index contributed by atoms with van der Waals surface area (Å²) in [5.74, 6) is 0. The van der Waals surface area contributed by atoms with Gasteiger partial charge in [-0.2, -0.15) is 0 Å². The molecule has 2 aromatic heterocycles. The van der Waals surface area contributed by atoms with Crippen LogP contribution in [0, 0.1) is 13.8 Å². The van der Waals surface area contributed by atoms with Gasteiger partial charge in [0.2, 0.25) is 0 Å². The van der Waals surface area contributed by atoms with Crippen molar-refractivity contribution in [2.24, 2.45) is 9.98 Å². The van der Waals surface area contributed by atoms with Crippen molar-refractivity contribution in [1.29, 1.82) is 0 Å². The zero-order chi connectivity index (χ0) is 28.0. The Morgan fingerprint density at radius 2 is 1.23 bits per heavy atom. The average Bonchev–Trinajstić information content (AvgIpc) is 3.54. The SMILES string of the molecule is CCC1=C(C)C2=NC1=Cc1c(C)c(CC)c3[n]1[Sn]([F])([F])[n]1c(c(C)c(CC)c1=C2)=CC1=NC(=C3)C(C)=C1CC. The van der Waals surface area contributed by atoms with Crippen LogP contribution in [0.1, 0.15) is 88.0 Å². The molecule has 0 amide bonds. The van der Waals surface area contributed by atoms with Crippen molar-refractivity contribution in [2.45, 2.75) is 81.1 Å². The van der Waals surface area contributed by atoms with Crippen LogP contribution in [0.3, 0.4) is 0 Å². The van der Waals surface area contributed by atoms with Gasteiger partial charge in [-0.1, -0.05) is 0 Å². The second kappa shape index (κ2) is 9.15. The first-order valence-electron chi connectivity index (χ1n) is 14.2. The molecule has 202 valence electrons. The second-order valence-electron chi connectivity index (χ2n) is 10.9. The maximum atomic E-state index is 17.7. The molecule has 6 heterocycles. The second-order valence-corrected chi connectivity index (χ2v) is 16.4. The summed E-state index contributed by atoms with van der Waals surface area (Å²) >= 11 is -6.40. The molecule has 0 radical (unpaired) electrons. The Labute approximate surface area is 235 Å². The third-order valence-corrected chi connectivity index (χ3v) is 14.9. The van der Waals surface area contributed by atoms with Crippen LogP contribution < -0.4 is 10.7 Å². The van der Waals surface area contributed by atoms with Crippen LogP contribution in [-0.4, -0.2) is 37.1 Å². The Bertz CT molecular complexity index is 1800. The number of aromatic nitrogens is 2. The predicted molar refractivity (Wildman–Crippen MR) is 161 cm³/mol. The summed E-state index contributed by atoms with van der Waals surface area (Å²) in [6, 6.07) is 0. The van der Waals surface area contributed by atoms with Gasteiger partial charge >= 0.3 is 236 Å². The van der Waals surface area contributed by atoms with E-state index >= 15 is 5.73 Å². The minimum absolute atomic E-state index is 0.599. The molecule has 4 aliphatic rings.